The third-order valence-corrected chi connectivity index (χ3v) is 8.90. The van der Waals surface area contributed by atoms with Crippen molar-refractivity contribution in [1.29, 1.82) is 0 Å². The van der Waals surface area contributed by atoms with Crippen LogP contribution in [0.15, 0.2) is 41.1 Å². The molecule has 2 aliphatic heterocycles. The van der Waals surface area contributed by atoms with Gasteiger partial charge in [-0.3, -0.25) is 9.59 Å². The lowest BCUT2D eigenvalue weighted by molar-refractivity contribution is -0.129. The predicted molar refractivity (Wildman–Crippen MR) is 165 cm³/mol. The summed E-state index contributed by atoms with van der Waals surface area (Å²) in [5, 5.41) is 20.8. The second-order valence-corrected chi connectivity index (χ2v) is 11.9. The number of nitrogens with zero attached hydrogens (tertiary/aromatic N) is 4. The fraction of sp³-hybridized carbons (Fsp3) is 0.500. The highest BCUT2D eigenvalue weighted by molar-refractivity contribution is 5.95. The van der Waals surface area contributed by atoms with Gasteiger partial charge in [-0.05, 0) is 68.0 Å². The SMILES string of the molecule is CC(=O)N1CCN(c2cc(C(=O)NC[C@@H](O)[C@@H]3Cc4ccc(OCc5ocnc5C)cc4CN3)cc(NC3CCC3)n2)CC1. The lowest BCUT2D eigenvalue weighted by atomic mass is 9.92. The zero-order valence-electron chi connectivity index (χ0n) is 25.3. The summed E-state index contributed by atoms with van der Waals surface area (Å²) in [5.41, 5.74) is 3.56. The van der Waals surface area contributed by atoms with Gasteiger partial charge in [0.05, 0.1) is 11.8 Å². The van der Waals surface area contributed by atoms with E-state index in [0.717, 1.165) is 35.4 Å². The normalized spacial score (nSPS) is 19.1. The highest BCUT2D eigenvalue weighted by Crippen LogP contribution is 2.27. The van der Waals surface area contributed by atoms with E-state index in [0.29, 0.717) is 74.8 Å². The Kier molecular flexibility index (Phi) is 8.99. The van der Waals surface area contributed by atoms with Gasteiger partial charge in [-0.15, -0.1) is 0 Å². The van der Waals surface area contributed by atoms with Crippen LogP contribution in [0.4, 0.5) is 11.6 Å². The molecule has 2 aromatic heterocycles. The van der Waals surface area contributed by atoms with Gasteiger partial charge in [0.25, 0.3) is 5.91 Å². The Hall–Kier alpha value is -4.16. The van der Waals surface area contributed by atoms with Crippen LogP contribution >= 0.6 is 0 Å². The molecule has 1 aliphatic carbocycles. The second kappa shape index (κ2) is 13.2. The Morgan fingerprint density at radius 1 is 1.16 bits per heavy atom. The smallest absolute Gasteiger partial charge is 0.251 e. The molecule has 2 amide bonds. The van der Waals surface area contributed by atoms with Crippen molar-refractivity contribution in [1.82, 2.24) is 25.5 Å². The summed E-state index contributed by atoms with van der Waals surface area (Å²) >= 11 is 0. The number of oxazole rings is 1. The van der Waals surface area contributed by atoms with Crippen molar-refractivity contribution in [2.75, 3.05) is 42.9 Å². The third-order valence-electron chi connectivity index (χ3n) is 8.90. The van der Waals surface area contributed by atoms with Crippen LogP contribution in [0.5, 0.6) is 5.75 Å². The van der Waals surface area contributed by atoms with Gasteiger partial charge in [-0.25, -0.2) is 9.97 Å². The molecule has 4 N–H and O–H groups in total. The number of aromatic nitrogens is 2. The first-order valence-corrected chi connectivity index (χ1v) is 15.4. The van der Waals surface area contributed by atoms with Crippen molar-refractivity contribution in [2.24, 2.45) is 0 Å². The van der Waals surface area contributed by atoms with Crippen molar-refractivity contribution >= 4 is 23.5 Å². The van der Waals surface area contributed by atoms with Gasteiger partial charge in [-0.1, -0.05) is 6.07 Å². The van der Waals surface area contributed by atoms with Crippen LogP contribution in [0.3, 0.4) is 0 Å². The number of nitrogens with one attached hydrogen (secondary N) is 3. The number of piperazine rings is 1. The van der Waals surface area contributed by atoms with Gasteiger partial charge in [0, 0.05) is 63.8 Å². The molecule has 12 heteroatoms. The maximum Gasteiger partial charge on any atom is 0.251 e. The number of amides is 2. The first-order valence-electron chi connectivity index (χ1n) is 15.4. The predicted octanol–water partition coefficient (Wildman–Crippen LogP) is 2.40. The van der Waals surface area contributed by atoms with Gasteiger partial charge >= 0.3 is 0 Å². The van der Waals surface area contributed by atoms with E-state index in [1.807, 2.05) is 30.0 Å². The van der Waals surface area contributed by atoms with E-state index in [1.54, 1.807) is 19.1 Å². The third kappa shape index (κ3) is 6.97. The van der Waals surface area contributed by atoms with E-state index in [-0.39, 0.29) is 24.4 Å². The molecule has 2 atom stereocenters. The summed E-state index contributed by atoms with van der Waals surface area (Å²) in [6, 6.07) is 9.72. The second-order valence-electron chi connectivity index (χ2n) is 11.9. The molecule has 234 valence electrons. The van der Waals surface area contributed by atoms with E-state index in [2.05, 4.69) is 25.8 Å². The molecule has 1 saturated heterocycles. The average Bonchev–Trinajstić information content (AvgIpc) is 3.44. The van der Waals surface area contributed by atoms with E-state index in [1.165, 1.54) is 12.8 Å². The molecular formula is C32H41N7O5. The van der Waals surface area contributed by atoms with Crippen LogP contribution in [0.25, 0.3) is 0 Å². The molecule has 0 radical (unpaired) electrons. The minimum Gasteiger partial charge on any atom is -0.486 e. The Morgan fingerprint density at radius 3 is 2.68 bits per heavy atom. The molecule has 0 unspecified atom stereocenters. The molecule has 12 nitrogen and oxygen atoms in total. The van der Waals surface area contributed by atoms with Gasteiger partial charge in [0.1, 0.15) is 24.0 Å². The number of aliphatic hydroxyl groups is 1. The highest BCUT2D eigenvalue weighted by Gasteiger charge is 2.27. The van der Waals surface area contributed by atoms with Crippen LogP contribution in [0, 0.1) is 6.92 Å². The van der Waals surface area contributed by atoms with Crippen LogP contribution in [0.2, 0.25) is 0 Å². The number of carbonyl (C=O) groups is 2. The topological polar surface area (TPSA) is 145 Å². The number of aryl methyl sites for hydroxylation is 1. The van der Waals surface area contributed by atoms with Gasteiger partial charge in [-0.2, -0.15) is 0 Å². The lowest BCUT2D eigenvalue weighted by Gasteiger charge is -2.35. The van der Waals surface area contributed by atoms with E-state index in [9.17, 15) is 14.7 Å². The number of anilines is 2. The standard InChI is InChI=1S/C32H41N7O5/c1-20-29(44-19-35-20)18-43-26-7-6-22-13-27(33-16-24(22)12-26)28(41)17-34-32(42)23-14-30(36-25-4-3-5-25)37-31(15-23)39-10-8-38(9-11-39)21(2)40/h6-7,12,14-15,19,25,27-28,33,41H,3-5,8-11,13,16-18H2,1-2H3,(H,34,42)(H,36,37)/t27-,28+/m0/s1. The number of aliphatic hydroxyl groups excluding tert-OH is 1. The van der Waals surface area contributed by atoms with Crippen molar-refractivity contribution in [3.05, 3.63) is 64.9 Å². The number of rotatable bonds is 10. The molecule has 3 aliphatic rings. The number of ether oxygens (including phenoxy) is 1. The minimum atomic E-state index is -0.772. The summed E-state index contributed by atoms with van der Waals surface area (Å²) < 4.78 is 11.2. The van der Waals surface area contributed by atoms with E-state index < -0.39 is 6.10 Å². The van der Waals surface area contributed by atoms with Crippen molar-refractivity contribution in [3.63, 3.8) is 0 Å². The highest BCUT2D eigenvalue weighted by atomic mass is 16.5. The first kappa shape index (κ1) is 29.9. The molecule has 6 rings (SSSR count). The molecule has 4 heterocycles. The van der Waals surface area contributed by atoms with Crippen molar-refractivity contribution < 1.29 is 23.8 Å². The number of hydrogen-bond acceptors (Lipinski definition) is 10. The quantitative estimate of drug-likeness (QED) is 0.273. The summed E-state index contributed by atoms with van der Waals surface area (Å²) in [4.78, 5) is 38.0. The van der Waals surface area contributed by atoms with E-state index in [4.69, 9.17) is 14.1 Å². The fourth-order valence-corrected chi connectivity index (χ4v) is 5.83. The summed E-state index contributed by atoms with van der Waals surface area (Å²) in [7, 11) is 0. The average molecular weight is 604 g/mol. The van der Waals surface area contributed by atoms with Crippen LogP contribution in [-0.4, -0.2) is 82.7 Å². The van der Waals surface area contributed by atoms with Gasteiger partial charge in [0.2, 0.25) is 5.91 Å². The number of hydrogen-bond donors (Lipinski definition) is 4. The zero-order chi connectivity index (χ0) is 30.6. The minimum absolute atomic E-state index is 0.0699. The van der Waals surface area contributed by atoms with Crippen molar-refractivity contribution in [2.45, 2.75) is 70.9 Å². The maximum atomic E-state index is 13.3. The monoisotopic (exact) mass is 603 g/mol. The Morgan fingerprint density at radius 2 is 1.98 bits per heavy atom. The lowest BCUT2D eigenvalue weighted by Crippen LogP contribution is -2.49. The van der Waals surface area contributed by atoms with Crippen molar-refractivity contribution in [3.8, 4) is 5.75 Å². The molecular weight excluding hydrogens is 562 g/mol. The summed E-state index contributed by atoms with van der Waals surface area (Å²) in [6.07, 6.45) is 4.64. The van der Waals surface area contributed by atoms with Crippen LogP contribution < -0.4 is 25.6 Å². The van der Waals surface area contributed by atoms with Gasteiger partial charge in [0.15, 0.2) is 12.2 Å². The van der Waals surface area contributed by atoms with Crippen LogP contribution in [0.1, 0.15) is 59.1 Å². The zero-order valence-corrected chi connectivity index (χ0v) is 25.3. The Bertz CT molecular complexity index is 1480. The molecule has 1 saturated carbocycles. The molecule has 2 fully saturated rings. The first-order chi connectivity index (χ1) is 21.3. The Labute approximate surface area is 257 Å². The maximum absolute atomic E-state index is 13.3. The fourth-order valence-electron chi connectivity index (χ4n) is 5.83. The summed E-state index contributed by atoms with van der Waals surface area (Å²) in [6.45, 7) is 7.04. The molecule has 44 heavy (non-hydrogen) atoms. The molecule has 0 spiro atoms. The molecule has 1 aromatic carbocycles. The summed E-state index contributed by atoms with van der Waals surface area (Å²) in [5.74, 6) is 2.65. The number of benzene rings is 1. The number of carbonyl (C=O) groups excluding carboxylic acids is 2. The van der Waals surface area contributed by atoms with Crippen LogP contribution in [-0.2, 0) is 24.4 Å². The number of pyridine rings is 1. The van der Waals surface area contributed by atoms with E-state index >= 15 is 0 Å². The molecule has 0 bridgehead atoms. The Balaban J connectivity index is 1.05. The largest absolute Gasteiger partial charge is 0.486 e. The number of fused-ring (bicyclic) bond motifs is 1. The van der Waals surface area contributed by atoms with Gasteiger partial charge < -0.3 is 40.0 Å². The molecule has 3 aromatic rings.